The van der Waals surface area contributed by atoms with E-state index in [1.807, 2.05) is 50.6 Å². The monoisotopic (exact) mass is 396 g/mol. The van der Waals surface area contributed by atoms with Gasteiger partial charge in [-0.25, -0.2) is 0 Å². The van der Waals surface area contributed by atoms with E-state index in [2.05, 4.69) is 25.9 Å². The summed E-state index contributed by atoms with van der Waals surface area (Å²) in [5, 5.41) is 14.6. The van der Waals surface area contributed by atoms with Crippen LogP contribution in [0.3, 0.4) is 0 Å². The van der Waals surface area contributed by atoms with Crippen LogP contribution >= 0.6 is 0 Å². The lowest BCUT2D eigenvalue weighted by Crippen LogP contribution is -2.36. The Morgan fingerprint density at radius 1 is 1.41 bits per heavy atom. The predicted octanol–water partition coefficient (Wildman–Crippen LogP) is 1.66. The van der Waals surface area contributed by atoms with E-state index in [9.17, 15) is 4.79 Å². The van der Waals surface area contributed by atoms with Crippen molar-refractivity contribution in [1.29, 1.82) is 0 Å². The van der Waals surface area contributed by atoms with Gasteiger partial charge in [-0.3, -0.25) is 9.48 Å². The van der Waals surface area contributed by atoms with Crippen molar-refractivity contribution in [2.24, 2.45) is 13.0 Å². The molecule has 9 heteroatoms. The maximum absolute atomic E-state index is 12.9. The average molecular weight is 396 g/mol. The second kappa shape index (κ2) is 8.04. The Morgan fingerprint density at radius 3 is 3.03 bits per heavy atom. The van der Waals surface area contributed by atoms with E-state index in [4.69, 9.17) is 9.26 Å². The highest BCUT2D eigenvalue weighted by Crippen LogP contribution is 2.29. The van der Waals surface area contributed by atoms with Crippen LogP contribution in [0.5, 0.6) is 5.75 Å². The number of hydrogen-bond acceptors (Lipinski definition) is 7. The Labute approximate surface area is 168 Å². The Kier molecular flexibility index (Phi) is 5.30. The topological polar surface area (TPSA) is 107 Å². The van der Waals surface area contributed by atoms with Crippen LogP contribution in [0.25, 0.3) is 11.4 Å². The molecule has 9 nitrogen and oxygen atoms in total. The minimum atomic E-state index is -0.399. The molecule has 1 aliphatic heterocycles. The molecule has 0 bridgehead atoms. The van der Waals surface area contributed by atoms with Gasteiger partial charge in [-0.05, 0) is 24.6 Å². The summed E-state index contributed by atoms with van der Waals surface area (Å²) in [7, 11) is 3.48. The van der Waals surface area contributed by atoms with Crippen LogP contribution in [0, 0.1) is 5.92 Å². The SMILES string of the molecule is COc1cccc(-c2noc(C(C)NC(=O)[C@H]3CNC[C@@H]3c3cnn(C)c3)n2)c1. The zero-order valence-electron chi connectivity index (χ0n) is 16.6. The van der Waals surface area contributed by atoms with Crippen molar-refractivity contribution in [2.45, 2.75) is 18.9 Å². The second-order valence-electron chi connectivity index (χ2n) is 7.24. The molecule has 0 spiro atoms. The lowest BCUT2D eigenvalue weighted by Gasteiger charge is -2.18. The number of methoxy groups -OCH3 is 1. The van der Waals surface area contributed by atoms with Gasteiger partial charge in [-0.2, -0.15) is 10.1 Å². The van der Waals surface area contributed by atoms with Gasteiger partial charge in [-0.15, -0.1) is 0 Å². The fourth-order valence-electron chi connectivity index (χ4n) is 3.61. The molecule has 29 heavy (non-hydrogen) atoms. The molecule has 0 saturated carbocycles. The van der Waals surface area contributed by atoms with E-state index < -0.39 is 6.04 Å². The van der Waals surface area contributed by atoms with Crippen molar-refractivity contribution < 1.29 is 14.1 Å². The molecule has 3 atom stereocenters. The van der Waals surface area contributed by atoms with Gasteiger partial charge >= 0.3 is 0 Å². The van der Waals surface area contributed by atoms with Crippen LogP contribution in [0.1, 0.15) is 30.3 Å². The zero-order chi connectivity index (χ0) is 20.4. The van der Waals surface area contributed by atoms with E-state index in [0.717, 1.165) is 17.7 Å². The molecule has 1 aliphatic rings. The molecule has 2 aromatic heterocycles. The Bertz CT molecular complexity index is 998. The van der Waals surface area contributed by atoms with Crippen molar-refractivity contribution in [3.8, 4) is 17.1 Å². The summed E-state index contributed by atoms with van der Waals surface area (Å²) in [5.41, 5.74) is 1.85. The van der Waals surface area contributed by atoms with Gasteiger partial charge in [0, 0.05) is 37.8 Å². The average Bonchev–Trinajstić information content (AvgIpc) is 3.47. The molecule has 1 unspecified atom stereocenters. The number of nitrogens with zero attached hydrogens (tertiary/aromatic N) is 4. The highest BCUT2D eigenvalue weighted by molar-refractivity contribution is 5.80. The molecular formula is C20H24N6O3. The van der Waals surface area contributed by atoms with E-state index in [1.165, 1.54) is 0 Å². The van der Waals surface area contributed by atoms with Gasteiger partial charge in [0.25, 0.3) is 0 Å². The van der Waals surface area contributed by atoms with Crippen LogP contribution in [0.15, 0.2) is 41.2 Å². The van der Waals surface area contributed by atoms with Crippen molar-refractivity contribution >= 4 is 5.91 Å². The highest BCUT2D eigenvalue weighted by Gasteiger charge is 2.35. The number of benzene rings is 1. The minimum absolute atomic E-state index is 0.0440. The molecule has 4 rings (SSSR count). The summed E-state index contributed by atoms with van der Waals surface area (Å²) in [4.78, 5) is 17.3. The molecule has 3 heterocycles. The van der Waals surface area contributed by atoms with Crippen LogP contribution < -0.4 is 15.4 Å². The molecular weight excluding hydrogens is 372 g/mol. The van der Waals surface area contributed by atoms with Crippen LogP contribution in [-0.2, 0) is 11.8 Å². The van der Waals surface area contributed by atoms with Crippen LogP contribution in [0.2, 0.25) is 0 Å². The summed E-state index contributed by atoms with van der Waals surface area (Å²) < 4.78 is 12.4. The highest BCUT2D eigenvalue weighted by atomic mass is 16.5. The molecule has 1 saturated heterocycles. The lowest BCUT2D eigenvalue weighted by molar-refractivity contribution is -0.125. The number of aryl methyl sites for hydroxylation is 1. The smallest absolute Gasteiger partial charge is 0.249 e. The molecule has 1 amide bonds. The predicted molar refractivity (Wildman–Crippen MR) is 105 cm³/mol. The number of nitrogens with one attached hydrogen (secondary N) is 2. The molecule has 152 valence electrons. The maximum Gasteiger partial charge on any atom is 0.249 e. The van der Waals surface area contributed by atoms with Crippen LogP contribution in [-0.4, -0.2) is 46.0 Å². The number of rotatable bonds is 6. The normalized spacial score (nSPS) is 19.8. The van der Waals surface area contributed by atoms with Crippen molar-refractivity contribution in [3.63, 3.8) is 0 Å². The van der Waals surface area contributed by atoms with Crippen LogP contribution in [0.4, 0.5) is 0 Å². The number of carbonyl (C=O) groups excluding carboxylic acids is 1. The summed E-state index contributed by atoms with van der Waals surface area (Å²) in [5.74, 6) is 1.40. The number of ether oxygens (including phenoxy) is 1. The standard InChI is InChI=1S/C20H24N6O3/c1-12(20-24-18(25-29-20)13-5-4-6-15(7-13)28-3)23-19(27)17-10-21-9-16(17)14-8-22-26(2)11-14/h4-8,11-12,16-17,21H,9-10H2,1-3H3,(H,23,27)/t12?,16-,17+/m1/s1. The minimum Gasteiger partial charge on any atom is -0.497 e. The van der Waals surface area contributed by atoms with E-state index in [1.54, 1.807) is 11.8 Å². The molecule has 0 aliphatic carbocycles. The maximum atomic E-state index is 12.9. The first-order chi connectivity index (χ1) is 14.0. The first-order valence-corrected chi connectivity index (χ1v) is 9.53. The van der Waals surface area contributed by atoms with Gasteiger partial charge < -0.3 is 19.9 Å². The van der Waals surface area contributed by atoms with Gasteiger partial charge in [0.15, 0.2) is 0 Å². The molecule has 0 radical (unpaired) electrons. The first-order valence-electron chi connectivity index (χ1n) is 9.53. The molecule has 2 N–H and O–H groups in total. The van der Waals surface area contributed by atoms with Crippen molar-refractivity contribution in [3.05, 3.63) is 48.1 Å². The van der Waals surface area contributed by atoms with Gasteiger partial charge in [0.05, 0.1) is 19.2 Å². The zero-order valence-corrected chi connectivity index (χ0v) is 16.6. The first kappa shape index (κ1) is 19.1. The molecule has 1 fully saturated rings. The third-order valence-corrected chi connectivity index (χ3v) is 5.20. The summed E-state index contributed by atoms with van der Waals surface area (Å²) in [6.07, 6.45) is 3.78. The van der Waals surface area contributed by atoms with E-state index >= 15 is 0 Å². The summed E-state index contributed by atoms with van der Waals surface area (Å²) in [6, 6.07) is 7.02. The summed E-state index contributed by atoms with van der Waals surface area (Å²) >= 11 is 0. The van der Waals surface area contributed by atoms with Gasteiger partial charge in [0.1, 0.15) is 11.8 Å². The third kappa shape index (κ3) is 4.00. The Morgan fingerprint density at radius 2 is 2.28 bits per heavy atom. The fraction of sp³-hybridized carbons (Fsp3) is 0.400. The van der Waals surface area contributed by atoms with E-state index in [0.29, 0.717) is 24.0 Å². The fourth-order valence-corrected chi connectivity index (χ4v) is 3.61. The molecule has 1 aromatic carbocycles. The van der Waals surface area contributed by atoms with Crippen molar-refractivity contribution in [2.75, 3.05) is 20.2 Å². The Hall–Kier alpha value is -3.20. The number of aromatic nitrogens is 4. The van der Waals surface area contributed by atoms with E-state index in [-0.39, 0.29) is 17.7 Å². The quantitative estimate of drug-likeness (QED) is 0.652. The largest absolute Gasteiger partial charge is 0.497 e. The Balaban J connectivity index is 1.44. The number of hydrogen-bond donors (Lipinski definition) is 2. The molecule has 3 aromatic rings. The number of amides is 1. The summed E-state index contributed by atoms with van der Waals surface area (Å²) in [6.45, 7) is 3.21. The van der Waals surface area contributed by atoms with Crippen molar-refractivity contribution in [1.82, 2.24) is 30.6 Å². The lowest BCUT2D eigenvalue weighted by atomic mass is 9.90. The number of carbonyl (C=O) groups is 1. The van der Waals surface area contributed by atoms with Gasteiger partial charge in [-0.1, -0.05) is 17.3 Å². The van der Waals surface area contributed by atoms with Gasteiger partial charge in [0.2, 0.25) is 17.6 Å². The third-order valence-electron chi connectivity index (χ3n) is 5.20. The second-order valence-corrected chi connectivity index (χ2v) is 7.24.